The maximum atomic E-state index is 11.0. The van der Waals surface area contributed by atoms with Gasteiger partial charge in [-0.05, 0) is 12.8 Å². The van der Waals surface area contributed by atoms with Gasteiger partial charge in [0.1, 0.15) is 0 Å². The molecule has 2 atom stereocenters. The standard InChI is InChI=1S/C17H34O3.C16H32O3/c1-3-4-5-6-7-8-9-10-11-12-13-14-15-16(18)17(19)20-2;1-2-3-4-5-6-7-8-9-10-11-12-13-14-15(17)16(18)19/h16,18H,3-15H2,1-2H3;15,17H,2-14H2,1H3,(H,18,19). The summed E-state index contributed by atoms with van der Waals surface area (Å²) >= 11 is 0. The van der Waals surface area contributed by atoms with E-state index in [0.29, 0.717) is 12.8 Å². The lowest BCUT2D eigenvalue weighted by atomic mass is 10.0. The van der Waals surface area contributed by atoms with E-state index >= 15 is 0 Å². The second-order valence-electron chi connectivity index (χ2n) is 11.2. The molecule has 0 aromatic carbocycles. The molecule has 234 valence electrons. The van der Waals surface area contributed by atoms with Crippen LogP contribution in [0.2, 0.25) is 0 Å². The van der Waals surface area contributed by atoms with E-state index in [9.17, 15) is 14.7 Å². The molecule has 0 aliphatic rings. The third-order valence-corrected chi connectivity index (χ3v) is 7.42. The number of carbonyl (C=O) groups is 2. The number of unbranched alkanes of at least 4 members (excludes halogenated alkanes) is 22. The Balaban J connectivity index is 0. The highest BCUT2D eigenvalue weighted by molar-refractivity contribution is 5.74. The second kappa shape index (κ2) is 33.1. The summed E-state index contributed by atoms with van der Waals surface area (Å²) in [6.07, 6.45) is 29.5. The van der Waals surface area contributed by atoms with E-state index in [1.165, 1.54) is 136 Å². The van der Waals surface area contributed by atoms with Gasteiger partial charge in [-0.2, -0.15) is 0 Å². The Morgan fingerprint density at radius 3 is 1.00 bits per heavy atom. The first kappa shape index (κ1) is 40.0. The van der Waals surface area contributed by atoms with Gasteiger partial charge in [0.05, 0.1) is 7.11 Å². The number of methoxy groups -OCH3 is 1. The lowest BCUT2D eigenvalue weighted by Gasteiger charge is -2.07. The monoisotopic (exact) mass is 558 g/mol. The zero-order chi connectivity index (χ0) is 29.4. The Hall–Kier alpha value is -1.14. The van der Waals surface area contributed by atoms with E-state index in [-0.39, 0.29) is 0 Å². The summed E-state index contributed by atoms with van der Waals surface area (Å²) in [5.41, 5.74) is 0. The Bertz CT molecular complexity index is 510. The summed E-state index contributed by atoms with van der Waals surface area (Å²) in [7, 11) is 1.31. The highest BCUT2D eigenvalue weighted by Gasteiger charge is 2.14. The fraction of sp³-hybridized carbons (Fsp3) is 0.939. The highest BCUT2D eigenvalue weighted by atomic mass is 16.5. The van der Waals surface area contributed by atoms with E-state index in [1.54, 1.807) is 0 Å². The van der Waals surface area contributed by atoms with Gasteiger partial charge in [-0.1, -0.05) is 168 Å². The summed E-state index contributed by atoms with van der Waals surface area (Å²) < 4.78 is 4.48. The fourth-order valence-corrected chi connectivity index (χ4v) is 4.73. The van der Waals surface area contributed by atoms with Gasteiger partial charge in [-0.15, -0.1) is 0 Å². The summed E-state index contributed by atoms with van der Waals surface area (Å²) in [4.78, 5) is 21.4. The molecule has 0 aromatic rings. The molecule has 0 aliphatic carbocycles. The SMILES string of the molecule is CCCCCCCCCCCCCCC(O)C(=O)O.CCCCCCCCCCCCCCC(O)C(=O)OC. The van der Waals surface area contributed by atoms with Crippen LogP contribution in [0.3, 0.4) is 0 Å². The van der Waals surface area contributed by atoms with Crippen molar-refractivity contribution in [2.75, 3.05) is 7.11 Å². The number of hydrogen-bond donors (Lipinski definition) is 3. The molecule has 0 saturated carbocycles. The number of carboxylic acids is 1. The van der Waals surface area contributed by atoms with Crippen molar-refractivity contribution in [3.63, 3.8) is 0 Å². The van der Waals surface area contributed by atoms with Crippen LogP contribution in [-0.2, 0) is 14.3 Å². The van der Waals surface area contributed by atoms with Gasteiger partial charge in [0.25, 0.3) is 0 Å². The zero-order valence-electron chi connectivity index (χ0n) is 26.1. The third-order valence-electron chi connectivity index (χ3n) is 7.42. The smallest absolute Gasteiger partial charge is 0.334 e. The second-order valence-corrected chi connectivity index (χ2v) is 11.2. The molecule has 0 fully saturated rings. The van der Waals surface area contributed by atoms with Crippen LogP contribution in [0.25, 0.3) is 0 Å². The first-order chi connectivity index (χ1) is 18.9. The number of carboxylic acid groups (broad SMARTS) is 1. The van der Waals surface area contributed by atoms with E-state index in [2.05, 4.69) is 18.6 Å². The van der Waals surface area contributed by atoms with Crippen LogP contribution in [0.15, 0.2) is 0 Å². The van der Waals surface area contributed by atoms with Crippen molar-refractivity contribution in [3.05, 3.63) is 0 Å². The molecule has 0 rings (SSSR count). The number of aliphatic hydroxyl groups excluding tert-OH is 2. The van der Waals surface area contributed by atoms with Gasteiger partial charge >= 0.3 is 11.9 Å². The molecule has 0 heterocycles. The maximum Gasteiger partial charge on any atom is 0.334 e. The molecule has 3 N–H and O–H groups in total. The topological polar surface area (TPSA) is 104 Å². The van der Waals surface area contributed by atoms with Crippen LogP contribution in [0.1, 0.15) is 181 Å². The Morgan fingerprint density at radius 1 is 0.487 bits per heavy atom. The van der Waals surface area contributed by atoms with Crippen LogP contribution in [0, 0.1) is 0 Å². The van der Waals surface area contributed by atoms with Crippen molar-refractivity contribution in [2.24, 2.45) is 0 Å². The van der Waals surface area contributed by atoms with E-state index in [0.717, 1.165) is 25.7 Å². The molecular weight excluding hydrogens is 492 g/mol. The van der Waals surface area contributed by atoms with Crippen LogP contribution in [0.4, 0.5) is 0 Å². The van der Waals surface area contributed by atoms with Crippen molar-refractivity contribution in [3.8, 4) is 0 Å². The van der Waals surface area contributed by atoms with Crippen molar-refractivity contribution < 1.29 is 29.6 Å². The molecule has 0 bridgehead atoms. The van der Waals surface area contributed by atoms with Gasteiger partial charge < -0.3 is 20.1 Å². The van der Waals surface area contributed by atoms with Crippen LogP contribution in [0.5, 0.6) is 0 Å². The molecule has 6 heteroatoms. The fourth-order valence-electron chi connectivity index (χ4n) is 4.73. The molecule has 6 nitrogen and oxygen atoms in total. The summed E-state index contributed by atoms with van der Waals surface area (Å²) in [6.45, 7) is 4.50. The van der Waals surface area contributed by atoms with Gasteiger partial charge in [-0.25, -0.2) is 9.59 Å². The highest BCUT2D eigenvalue weighted by Crippen LogP contribution is 2.14. The number of aliphatic hydroxyl groups is 2. The lowest BCUT2D eigenvalue weighted by molar-refractivity contribution is -0.150. The first-order valence-corrected chi connectivity index (χ1v) is 16.6. The predicted molar refractivity (Wildman–Crippen MR) is 163 cm³/mol. The van der Waals surface area contributed by atoms with Gasteiger partial charge in [0, 0.05) is 0 Å². The zero-order valence-corrected chi connectivity index (χ0v) is 26.1. The number of aliphatic carboxylic acids is 1. The van der Waals surface area contributed by atoms with E-state index in [4.69, 9.17) is 10.2 Å². The minimum absolute atomic E-state index is 0.396. The van der Waals surface area contributed by atoms with E-state index in [1.807, 2.05) is 0 Å². The summed E-state index contributed by atoms with van der Waals surface area (Å²) in [5, 5.41) is 27.0. The molecule has 39 heavy (non-hydrogen) atoms. The molecule has 0 aliphatic heterocycles. The predicted octanol–water partition coefficient (Wildman–Crippen LogP) is 9.13. The molecule has 0 saturated heterocycles. The number of esters is 1. The molecule has 2 unspecified atom stereocenters. The summed E-state index contributed by atoms with van der Waals surface area (Å²) in [5.74, 6) is -1.60. The van der Waals surface area contributed by atoms with Crippen molar-refractivity contribution in [1.29, 1.82) is 0 Å². The summed E-state index contributed by atoms with van der Waals surface area (Å²) in [6, 6.07) is 0. The van der Waals surface area contributed by atoms with Crippen LogP contribution < -0.4 is 0 Å². The molecule has 0 amide bonds. The normalized spacial score (nSPS) is 12.4. The number of ether oxygens (including phenoxy) is 1. The number of hydrogen-bond acceptors (Lipinski definition) is 5. The molecule has 0 aromatic heterocycles. The van der Waals surface area contributed by atoms with Gasteiger partial charge in [0.15, 0.2) is 12.2 Å². The molecular formula is C33H66O6. The van der Waals surface area contributed by atoms with E-state index < -0.39 is 24.1 Å². The first-order valence-electron chi connectivity index (χ1n) is 16.6. The van der Waals surface area contributed by atoms with Crippen LogP contribution >= 0.6 is 0 Å². The third kappa shape index (κ3) is 33.0. The van der Waals surface area contributed by atoms with Crippen molar-refractivity contribution in [2.45, 2.75) is 193 Å². The Labute approximate surface area is 241 Å². The number of rotatable bonds is 28. The average Bonchev–Trinajstić information content (AvgIpc) is 2.93. The minimum Gasteiger partial charge on any atom is -0.479 e. The largest absolute Gasteiger partial charge is 0.479 e. The van der Waals surface area contributed by atoms with Gasteiger partial charge in [0.2, 0.25) is 0 Å². The van der Waals surface area contributed by atoms with Crippen molar-refractivity contribution in [1.82, 2.24) is 0 Å². The molecule has 0 spiro atoms. The van der Waals surface area contributed by atoms with Gasteiger partial charge in [-0.3, -0.25) is 0 Å². The maximum absolute atomic E-state index is 11.0. The average molecular weight is 559 g/mol. The lowest BCUT2D eigenvalue weighted by Crippen LogP contribution is -2.21. The molecule has 0 radical (unpaired) electrons. The van der Waals surface area contributed by atoms with Crippen molar-refractivity contribution >= 4 is 11.9 Å². The van der Waals surface area contributed by atoms with Crippen LogP contribution in [-0.4, -0.2) is 46.6 Å². The quantitative estimate of drug-likeness (QED) is 0.0653. The Morgan fingerprint density at radius 2 is 0.744 bits per heavy atom. The number of carbonyl (C=O) groups excluding carboxylic acids is 1. The minimum atomic E-state index is -1.16. The Kier molecular flexibility index (Phi) is 33.9.